The Morgan fingerprint density at radius 3 is 2.46 bits per heavy atom. The van der Waals surface area contributed by atoms with Crippen molar-refractivity contribution < 1.29 is 31.9 Å². The molecule has 5 aromatic rings. The number of carbonyl (C=O) groups is 2. The maximum Gasteiger partial charge on any atom is 0.293 e. The molecule has 2 aliphatic heterocycles. The van der Waals surface area contributed by atoms with Crippen molar-refractivity contribution in [2.45, 2.75) is 51.3 Å². The van der Waals surface area contributed by atoms with Crippen molar-refractivity contribution in [1.82, 2.24) is 24.5 Å². The van der Waals surface area contributed by atoms with Gasteiger partial charge in [-0.1, -0.05) is 50.1 Å². The van der Waals surface area contributed by atoms with Gasteiger partial charge in [-0.15, -0.1) is 0 Å². The lowest BCUT2D eigenvalue weighted by molar-refractivity contribution is -0.384. The Morgan fingerprint density at radius 1 is 0.985 bits per heavy atom. The fourth-order valence-electron chi connectivity index (χ4n) is 8.87. The summed E-state index contributed by atoms with van der Waals surface area (Å²) in [5.74, 6) is -0.448. The van der Waals surface area contributed by atoms with Crippen molar-refractivity contribution in [3.63, 3.8) is 0 Å². The highest BCUT2D eigenvalue weighted by Gasteiger charge is 2.31. The minimum absolute atomic E-state index is 0.0704. The Balaban J connectivity index is 0.960. The lowest BCUT2D eigenvalue weighted by atomic mass is 9.72. The molecule has 0 radical (unpaired) electrons. The van der Waals surface area contributed by atoms with Crippen LogP contribution >= 0.6 is 11.6 Å². The number of hydrogen-bond acceptors (Lipinski definition) is 13. The number of allylic oxidation sites excluding steroid dienone is 1. The van der Waals surface area contributed by atoms with Gasteiger partial charge in [0.1, 0.15) is 22.8 Å². The zero-order valence-electron chi connectivity index (χ0n) is 38.3. The van der Waals surface area contributed by atoms with E-state index >= 15 is 0 Å². The van der Waals surface area contributed by atoms with E-state index < -0.39 is 41.2 Å². The summed E-state index contributed by atoms with van der Waals surface area (Å²) in [6.07, 6.45) is 6.60. The number of halogens is 1. The number of pyridine rings is 1. The van der Waals surface area contributed by atoms with Gasteiger partial charge < -0.3 is 19.9 Å². The van der Waals surface area contributed by atoms with Gasteiger partial charge >= 0.3 is 0 Å². The molecule has 20 heteroatoms. The van der Waals surface area contributed by atoms with Crippen LogP contribution in [0.1, 0.15) is 62.4 Å². The van der Waals surface area contributed by atoms with Crippen molar-refractivity contribution >= 4 is 76.8 Å². The Morgan fingerprint density at radius 2 is 1.74 bits per heavy atom. The SMILES string of the molecule is CCC(=O)N=S1(=O)CCN(CCNc2ccc(S(=O)(=O)NC(=O)c3ccc(N4CCN(CC5=C(c6ccc(Cl)cc6)CC(C)(C)CC5)CC4)cc3Oc3cnc4[nH]ccc4c3)cc2[N+](=O)[O-])CC1. The lowest BCUT2D eigenvalue weighted by Crippen LogP contribution is -2.47. The average Bonchev–Trinajstić information content (AvgIpc) is 3.79. The van der Waals surface area contributed by atoms with E-state index in [0.717, 1.165) is 61.1 Å². The number of aromatic amines is 1. The molecule has 0 bridgehead atoms. The monoisotopic (exact) mass is 985 g/mol. The standard InChI is InChI=1S/C48H56ClN9O8S2/c1-4-45(59)53-67(63)25-23-55(24-26-67)18-17-50-42-12-10-39(29-43(42)58(61)62)68(64,65)54-47(60)40-11-9-37(28-44(40)66-38-27-34-14-16-51-46(34)52-31-38)57-21-19-56(20-22-57)32-35-13-15-48(2,3)30-41(35)33-5-7-36(49)8-6-33/h5-12,14,16,27-29,31,50H,4,13,15,17-26,30,32H2,1-3H3,(H,51,52)(H,54,60). The summed E-state index contributed by atoms with van der Waals surface area (Å²) in [7, 11) is -7.23. The number of carbonyl (C=O) groups excluding carboxylic acids is 2. The Hall–Kier alpha value is -5.86. The number of fused-ring (bicyclic) bond motifs is 1. The van der Waals surface area contributed by atoms with E-state index in [0.29, 0.717) is 44.1 Å². The normalized spacial score (nSPS) is 17.7. The van der Waals surface area contributed by atoms with Gasteiger partial charge in [-0.25, -0.2) is 22.3 Å². The van der Waals surface area contributed by atoms with E-state index in [4.69, 9.17) is 16.3 Å². The minimum atomic E-state index is -4.63. The summed E-state index contributed by atoms with van der Waals surface area (Å²) in [6.45, 7) is 11.8. The predicted octanol–water partition coefficient (Wildman–Crippen LogP) is 7.95. The summed E-state index contributed by atoms with van der Waals surface area (Å²) in [5, 5.41) is 16.7. The Bertz CT molecular complexity index is 2980. The van der Waals surface area contributed by atoms with Crippen LogP contribution in [-0.2, 0) is 24.5 Å². The minimum Gasteiger partial charge on any atom is -0.455 e. The number of H-pyrrole nitrogens is 1. The van der Waals surface area contributed by atoms with E-state index in [1.807, 2.05) is 23.1 Å². The number of nitro groups is 1. The molecule has 0 atom stereocenters. The average molecular weight is 987 g/mol. The third-order valence-electron chi connectivity index (χ3n) is 12.8. The van der Waals surface area contributed by atoms with Crippen molar-refractivity contribution in [2.75, 3.05) is 80.6 Å². The number of piperazine rings is 1. The number of ether oxygens (including phenoxy) is 1. The maximum absolute atomic E-state index is 14.0. The Kier molecular flexibility index (Phi) is 14.6. The predicted molar refractivity (Wildman–Crippen MR) is 266 cm³/mol. The maximum atomic E-state index is 14.0. The van der Waals surface area contributed by atoms with Gasteiger partial charge in [0.05, 0.1) is 31.3 Å². The van der Waals surface area contributed by atoms with Crippen LogP contribution in [0.4, 0.5) is 17.1 Å². The van der Waals surface area contributed by atoms with E-state index in [-0.39, 0.29) is 52.8 Å². The lowest BCUT2D eigenvalue weighted by Gasteiger charge is -2.39. The Labute approximate surface area is 401 Å². The van der Waals surface area contributed by atoms with E-state index in [9.17, 15) is 32.3 Å². The third-order valence-corrected chi connectivity index (χ3v) is 16.6. The molecule has 2 fully saturated rings. The van der Waals surface area contributed by atoms with E-state index in [1.165, 1.54) is 41.1 Å². The summed E-state index contributed by atoms with van der Waals surface area (Å²) in [4.78, 5) is 50.9. The number of benzene rings is 3. The summed E-state index contributed by atoms with van der Waals surface area (Å²) in [6, 6.07) is 20.1. The summed E-state index contributed by atoms with van der Waals surface area (Å²) >= 11 is 6.25. The molecule has 360 valence electrons. The first-order valence-corrected chi connectivity index (χ1v) is 26.4. The van der Waals surface area contributed by atoms with Crippen LogP contribution in [0.3, 0.4) is 0 Å². The molecule has 68 heavy (non-hydrogen) atoms. The number of aromatic nitrogens is 2. The van der Waals surface area contributed by atoms with Gasteiger partial charge in [0.15, 0.2) is 0 Å². The van der Waals surface area contributed by atoms with Crippen molar-refractivity contribution in [3.05, 3.63) is 117 Å². The molecule has 0 unspecified atom stereocenters. The van der Waals surface area contributed by atoms with Crippen LogP contribution in [0.25, 0.3) is 16.6 Å². The molecule has 3 aliphatic rings. The van der Waals surface area contributed by atoms with Crippen LogP contribution in [-0.4, -0.2) is 120 Å². The largest absolute Gasteiger partial charge is 0.455 e. The molecule has 4 heterocycles. The number of rotatable bonds is 15. The highest BCUT2D eigenvalue weighted by molar-refractivity contribution is 7.94. The van der Waals surface area contributed by atoms with Crippen LogP contribution in [0, 0.1) is 15.5 Å². The number of sulfonamides is 1. The highest BCUT2D eigenvalue weighted by Crippen LogP contribution is 2.43. The number of nitrogens with zero attached hydrogens (tertiary/aromatic N) is 6. The fourth-order valence-corrected chi connectivity index (χ4v) is 12.0. The molecular weight excluding hydrogens is 930 g/mol. The van der Waals surface area contributed by atoms with Crippen LogP contribution < -0.4 is 19.7 Å². The molecule has 8 rings (SSSR count). The van der Waals surface area contributed by atoms with Gasteiger partial charge in [0.2, 0.25) is 0 Å². The smallest absolute Gasteiger partial charge is 0.293 e. The summed E-state index contributed by atoms with van der Waals surface area (Å²) in [5.41, 5.74) is 5.22. The van der Waals surface area contributed by atoms with Crippen LogP contribution in [0.15, 0.2) is 100 Å². The van der Waals surface area contributed by atoms with Gasteiger partial charge in [0, 0.05) is 111 Å². The van der Waals surface area contributed by atoms with Gasteiger partial charge in [-0.3, -0.25) is 29.5 Å². The first kappa shape index (κ1) is 48.6. The first-order valence-electron chi connectivity index (χ1n) is 22.7. The topological polar surface area (TPSA) is 213 Å². The number of hydrogen-bond donors (Lipinski definition) is 3. The molecule has 3 N–H and O–H groups in total. The number of nitro benzene ring substituents is 1. The molecule has 3 aromatic carbocycles. The second kappa shape index (κ2) is 20.4. The van der Waals surface area contributed by atoms with Gasteiger partial charge in [-0.05, 0) is 84.3 Å². The van der Waals surface area contributed by atoms with E-state index in [1.54, 1.807) is 31.3 Å². The summed E-state index contributed by atoms with van der Waals surface area (Å²) < 4.78 is 52.8. The van der Waals surface area contributed by atoms with Crippen LogP contribution in [0.5, 0.6) is 11.5 Å². The van der Waals surface area contributed by atoms with Crippen molar-refractivity contribution in [2.24, 2.45) is 9.78 Å². The second-order valence-corrected chi connectivity index (χ2v) is 22.9. The molecule has 2 aromatic heterocycles. The van der Waals surface area contributed by atoms with Gasteiger partial charge in [0.25, 0.3) is 27.5 Å². The van der Waals surface area contributed by atoms with E-state index in [2.05, 4.69) is 60.1 Å². The highest BCUT2D eigenvalue weighted by atomic mass is 35.5. The van der Waals surface area contributed by atoms with Crippen LogP contribution in [0.2, 0.25) is 5.02 Å². The number of anilines is 2. The quantitative estimate of drug-likeness (QED) is 0.0672. The molecule has 17 nitrogen and oxygen atoms in total. The zero-order valence-corrected chi connectivity index (χ0v) is 40.7. The third kappa shape index (κ3) is 11.7. The number of nitrogens with one attached hydrogen (secondary N) is 3. The molecule has 2 saturated heterocycles. The molecule has 0 spiro atoms. The first-order chi connectivity index (χ1) is 32.5. The van der Waals surface area contributed by atoms with Crippen molar-refractivity contribution in [3.8, 4) is 11.5 Å². The van der Waals surface area contributed by atoms with Gasteiger partial charge in [-0.2, -0.15) is 4.36 Å². The fraction of sp³-hybridized carbons (Fsp3) is 0.396. The molecular formula is C48H56ClN9O8S2. The second-order valence-electron chi connectivity index (χ2n) is 18.2. The molecule has 0 saturated carbocycles. The van der Waals surface area contributed by atoms with Crippen molar-refractivity contribution in [1.29, 1.82) is 0 Å². The molecule has 1 aliphatic carbocycles. The molecule has 2 amide bonds. The zero-order chi connectivity index (χ0) is 48.2. The number of amides is 2.